The molecule has 2 atom stereocenters. The van der Waals surface area contributed by atoms with Crippen LogP contribution in [-0.2, 0) is 0 Å². The molecule has 3 rings (SSSR count). The van der Waals surface area contributed by atoms with Gasteiger partial charge < -0.3 is 9.84 Å². The zero-order valence-corrected chi connectivity index (χ0v) is 14.7. The van der Waals surface area contributed by atoms with Crippen LogP contribution in [0.3, 0.4) is 0 Å². The second-order valence-electron chi connectivity index (χ2n) is 7.61. The average Bonchev–Trinajstić information content (AvgIpc) is 2.86. The molecule has 0 saturated heterocycles. The maximum absolute atomic E-state index is 10.0. The second-order valence-corrected chi connectivity index (χ2v) is 7.61. The van der Waals surface area contributed by atoms with Crippen molar-refractivity contribution in [1.82, 2.24) is 0 Å². The third-order valence-electron chi connectivity index (χ3n) is 6.43. The third-order valence-corrected chi connectivity index (χ3v) is 6.43. The highest BCUT2D eigenvalue weighted by molar-refractivity contribution is 6.02. The van der Waals surface area contributed by atoms with E-state index >= 15 is 0 Å². The Morgan fingerprint density at radius 3 is 2.61 bits per heavy atom. The van der Waals surface area contributed by atoms with Crippen molar-refractivity contribution in [2.24, 2.45) is 27.0 Å². The molecule has 0 amide bonds. The molecule has 0 heterocycles. The van der Waals surface area contributed by atoms with Gasteiger partial charge in [0.15, 0.2) is 0 Å². The molecule has 0 aliphatic heterocycles. The van der Waals surface area contributed by atoms with Gasteiger partial charge in [0.1, 0.15) is 11.5 Å². The molecular weight excluding hydrogens is 288 g/mol. The van der Waals surface area contributed by atoms with Crippen LogP contribution in [0.4, 0.5) is 0 Å². The molecule has 0 unspecified atom stereocenters. The van der Waals surface area contributed by atoms with E-state index in [1.165, 1.54) is 18.6 Å². The fourth-order valence-electron chi connectivity index (χ4n) is 4.20. The Kier molecular flexibility index (Phi) is 3.74. The lowest BCUT2D eigenvalue weighted by Crippen LogP contribution is -2.32. The minimum atomic E-state index is 0.151. The minimum Gasteiger partial charge on any atom is -0.507 e. The topological polar surface area (TPSA) is 54.2 Å². The first-order chi connectivity index (χ1) is 10.8. The van der Waals surface area contributed by atoms with Gasteiger partial charge >= 0.3 is 0 Å². The summed E-state index contributed by atoms with van der Waals surface area (Å²) >= 11 is 0. The maximum atomic E-state index is 10.0. The van der Waals surface area contributed by atoms with Crippen LogP contribution in [0.25, 0.3) is 0 Å². The van der Waals surface area contributed by atoms with Gasteiger partial charge in [0, 0.05) is 16.7 Å². The highest BCUT2D eigenvalue weighted by Gasteiger charge is 2.59. The Labute approximate surface area is 138 Å². The zero-order valence-electron chi connectivity index (χ0n) is 14.7. The molecule has 124 valence electrons. The van der Waals surface area contributed by atoms with Crippen molar-refractivity contribution in [2.45, 2.75) is 47.0 Å². The first kappa shape index (κ1) is 16.0. The summed E-state index contributed by atoms with van der Waals surface area (Å²) in [6.07, 6.45) is 3.54. The van der Waals surface area contributed by atoms with Crippen molar-refractivity contribution in [2.75, 3.05) is 7.11 Å². The van der Waals surface area contributed by atoms with Crippen molar-refractivity contribution in [3.63, 3.8) is 0 Å². The molecule has 2 fully saturated rings. The van der Waals surface area contributed by atoms with Crippen LogP contribution in [0.5, 0.6) is 11.5 Å². The predicted molar refractivity (Wildman–Crippen MR) is 93.5 cm³/mol. The summed E-state index contributed by atoms with van der Waals surface area (Å²) in [5.74, 6) is 1.62. The Hall–Kier alpha value is -1.84. The van der Waals surface area contributed by atoms with E-state index in [1.54, 1.807) is 25.3 Å². The number of hydrogen-bond acceptors (Lipinski definition) is 4. The lowest BCUT2D eigenvalue weighted by atomic mass is 9.70. The number of aromatic hydroxyl groups is 1. The number of fused-ring (bicyclic) bond motifs is 2. The highest BCUT2D eigenvalue weighted by atomic mass is 16.5. The molecule has 0 aromatic heterocycles. The van der Waals surface area contributed by atoms with Gasteiger partial charge in [0.05, 0.1) is 12.8 Å². The number of phenolic OH excluding ortho intramolecular Hbond substituents is 1. The van der Waals surface area contributed by atoms with Gasteiger partial charge in [-0.3, -0.25) is 0 Å². The number of benzene rings is 1. The van der Waals surface area contributed by atoms with Gasteiger partial charge in [-0.25, -0.2) is 0 Å². The molecule has 1 aromatic rings. The SMILES string of the molecule is COc1ccc(O)c(/C(C)=N/N=C2/C[C@@H]3CC[C@]2(C)C3(C)C)c1. The quantitative estimate of drug-likeness (QED) is 0.663. The van der Waals surface area contributed by atoms with E-state index in [9.17, 15) is 5.11 Å². The van der Waals surface area contributed by atoms with Gasteiger partial charge in [0.2, 0.25) is 0 Å². The number of phenols is 1. The number of methoxy groups -OCH3 is 1. The summed E-state index contributed by atoms with van der Waals surface area (Å²) in [6, 6.07) is 5.15. The molecule has 1 aromatic carbocycles. The Balaban J connectivity index is 1.92. The Morgan fingerprint density at radius 1 is 1.30 bits per heavy atom. The van der Waals surface area contributed by atoms with E-state index < -0.39 is 0 Å². The van der Waals surface area contributed by atoms with Crippen LogP contribution >= 0.6 is 0 Å². The van der Waals surface area contributed by atoms with Gasteiger partial charge in [-0.1, -0.05) is 20.8 Å². The van der Waals surface area contributed by atoms with Crippen molar-refractivity contribution in [3.8, 4) is 11.5 Å². The molecule has 2 saturated carbocycles. The molecule has 0 radical (unpaired) electrons. The largest absolute Gasteiger partial charge is 0.507 e. The fourth-order valence-corrected chi connectivity index (χ4v) is 4.20. The Morgan fingerprint density at radius 2 is 2.04 bits per heavy atom. The molecule has 23 heavy (non-hydrogen) atoms. The Bertz CT molecular complexity index is 691. The van der Waals surface area contributed by atoms with Crippen LogP contribution in [-0.4, -0.2) is 23.6 Å². The zero-order chi connectivity index (χ0) is 16.8. The molecule has 1 N–H and O–H groups in total. The molecule has 4 nitrogen and oxygen atoms in total. The predicted octanol–water partition coefficient (Wildman–Crippen LogP) is 4.41. The summed E-state index contributed by atoms with van der Waals surface area (Å²) in [5.41, 5.74) is 3.03. The maximum Gasteiger partial charge on any atom is 0.124 e. The van der Waals surface area contributed by atoms with Gasteiger partial charge in [0.25, 0.3) is 0 Å². The third kappa shape index (κ3) is 2.35. The molecule has 2 aliphatic carbocycles. The standard InChI is InChI=1S/C19H26N2O2/c1-12(15-11-14(23-5)6-7-16(15)22)20-21-17-10-13-8-9-19(17,4)18(13,2)3/h6-7,11,13,22H,8-10H2,1-5H3/b20-12+,21-17-/t13-,19-/m0/s1. The monoisotopic (exact) mass is 314 g/mol. The van der Waals surface area contributed by atoms with Gasteiger partial charge in [-0.15, -0.1) is 0 Å². The van der Waals surface area contributed by atoms with E-state index in [4.69, 9.17) is 4.74 Å². The summed E-state index contributed by atoms with van der Waals surface area (Å²) in [6.45, 7) is 8.92. The van der Waals surface area contributed by atoms with Crippen LogP contribution in [0.1, 0.15) is 52.5 Å². The van der Waals surface area contributed by atoms with E-state index in [2.05, 4.69) is 31.0 Å². The average molecular weight is 314 g/mol. The second kappa shape index (κ2) is 5.36. The molecule has 2 aliphatic rings. The lowest BCUT2D eigenvalue weighted by molar-refractivity contribution is 0.194. The summed E-state index contributed by atoms with van der Waals surface area (Å²) in [5, 5.41) is 19.1. The number of ether oxygens (including phenoxy) is 1. The lowest BCUT2D eigenvalue weighted by Gasteiger charge is -2.34. The van der Waals surface area contributed by atoms with Crippen LogP contribution < -0.4 is 4.74 Å². The van der Waals surface area contributed by atoms with Crippen LogP contribution in [0, 0.1) is 16.7 Å². The molecular formula is C19H26N2O2. The number of nitrogens with zero attached hydrogens (tertiary/aromatic N) is 2. The molecule has 4 heteroatoms. The number of hydrogen-bond donors (Lipinski definition) is 1. The highest BCUT2D eigenvalue weighted by Crippen LogP contribution is 2.64. The van der Waals surface area contributed by atoms with E-state index in [-0.39, 0.29) is 11.2 Å². The van der Waals surface area contributed by atoms with Crippen molar-refractivity contribution in [3.05, 3.63) is 23.8 Å². The van der Waals surface area contributed by atoms with E-state index in [0.717, 1.165) is 6.42 Å². The van der Waals surface area contributed by atoms with Crippen molar-refractivity contribution >= 4 is 11.4 Å². The summed E-state index contributed by atoms with van der Waals surface area (Å²) in [4.78, 5) is 0. The first-order valence-electron chi connectivity index (χ1n) is 8.28. The smallest absolute Gasteiger partial charge is 0.124 e. The molecule has 2 bridgehead atoms. The molecule has 0 spiro atoms. The van der Waals surface area contributed by atoms with Gasteiger partial charge in [-0.2, -0.15) is 10.2 Å². The minimum absolute atomic E-state index is 0.151. The van der Waals surface area contributed by atoms with Gasteiger partial charge in [-0.05, 0) is 55.7 Å². The van der Waals surface area contributed by atoms with Crippen LogP contribution in [0.2, 0.25) is 0 Å². The van der Waals surface area contributed by atoms with E-state index in [1.807, 2.05) is 6.92 Å². The van der Waals surface area contributed by atoms with Crippen molar-refractivity contribution < 1.29 is 9.84 Å². The normalized spacial score (nSPS) is 30.9. The summed E-state index contributed by atoms with van der Waals surface area (Å²) < 4.78 is 5.22. The van der Waals surface area contributed by atoms with E-state index in [0.29, 0.717) is 28.4 Å². The number of rotatable bonds is 3. The first-order valence-corrected chi connectivity index (χ1v) is 8.28. The fraction of sp³-hybridized carbons (Fsp3) is 0.579. The van der Waals surface area contributed by atoms with Crippen molar-refractivity contribution in [1.29, 1.82) is 0 Å². The van der Waals surface area contributed by atoms with Crippen LogP contribution in [0.15, 0.2) is 28.4 Å². The summed E-state index contributed by atoms with van der Waals surface area (Å²) in [7, 11) is 1.61.